The van der Waals surface area contributed by atoms with E-state index in [4.69, 9.17) is 17.2 Å². The molecular formula is C22H41N7O7. The Labute approximate surface area is 210 Å². The van der Waals surface area contributed by atoms with E-state index >= 15 is 0 Å². The second kappa shape index (κ2) is 16.3. The fourth-order valence-electron chi connectivity index (χ4n) is 3.17. The number of carbonyl (C=O) groups excluding carboxylic acids is 3. The summed E-state index contributed by atoms with van der Waals surface area (Å²) in [7, 11) is 0. The monoisotopic (exact) mass is 515 g/mol. The van der Waals surface area contributed by atoms with Crippen LogP contribution in [-0.2, 0) is 24.0 Å². The number of rotatable bonds is 17. The summed E-state index contributed by atoms with van der Waals surface area (Å²) in [5.74, 6) is -5.43. The van der Waals surface area contributed by atoms with Gasteiger partial charge in [-0.15, -0.1) is 0 Å². The zero-order chi connectivity index (χ0) is 28.0. The van der Waals surface area contributed by atoms with Gasteiger partial charge in [-0.3, -0.25) is 24.2 Å². The second-order valence-corrected chi connectivity index (χ2v) is 9.11. The molecule has 0 fully saturated rings. The number of carboxylic acids is 2. The van der Waals surface area contributed by atoms with Gasteiger partial charge in [-0.25, -0.2) is 4.79 Å². The molecule has 0 radical (unpaired) electrons. The van der Waals surface area contributed by atoms with Gasteiger partial charge in [0.2, 0.25) is 17.7 Å². The SMILES string of the molecule is CCC(C)C(N)C(=O)NC(CC(=O)O)C(=O)NC(CCCN=C(N)N)C(=O)NC(CC(C)C)C(=O)O. The van der Waals surface area contributed by atoms with Crippen LogP contribution in [0.15, 0.2) is 4.99 Å². The molecule has 0 saturated heterocycles. The molecule has 0 aromatic rings. The lowest BCUT2D eigenvalue weighted by molar-refractivity contribution is -0.143. The van der Waals surface area contributed by atoms with Gasteiger partial charge in [0.25, 0.3) is 0 Å². The highest BCUT2D eigenvalue weighted by Gasteiger charge is 2.32. The minimum absolute atomic E-state index is 0.0164. The molecule has 0 spiro atoms. The highest BCUT2D eigenvalue weighted by Crippen LogP contribution is 2.09. The summed E-state index contributed by atoms with van der Waals surface area (Å²) in [6.07, 6.45) is 0.248. The molecule has 0 aromatic carbocycles. The third-order valence-corrected chi connectivity index (χ3v) is 5.47. The van der Waals surface area contributed by atoms with Crippen LogP contribution in [-0.4, -0.2) is 76.5 Å². The van der Waals surface area contributed by atoms with E-state index in [-0.39, 0.29) is 43.6 Å². The lowest BCUT2D eigenvalue weighted by Gasteiger charge is -2.25. The minimum Gasteiger partial charge on any atom is -0.481 e. The van der Waals surface area contributed by atoms with E-state index in [0.717, 1.165) is 0 Å². The smallest absolute Gasteiger partial charge is 0.326 e. The molecule has 0 bridgehead atoms. The van der Waals surface area contributed by atoms with E-state index in [1.807, 2.05) is 6.92 Å². The summed E-state index contributed by atoms with van der Waals surface area (Å²) >= 11 is 0. The normalized spacial score (nSPS) is 15.1. The highest BCUT2D eigenvalue weighted by atomic mass is 16.4. The van der Waals surface area contributed by atoms with Gasteiger partial charge in [0.1, 0.15) is 18.1 Å². The van der Waals surface area contributed by atoms with Gasteiger partial charge in [0.05, 0.1) is 12.5 Å². The topological polar surface area (TPSA) is 252 Å². The fourth-order valence-corrected chi connectivity index (χ4v) is 3.17. The van der Waals surface area contributed by atoms with Gasteiger partial charge in [-0.1, -0.05) is 34.1 Å². The molecule has 5 atom stereocenters. The predicted molar refractivity (Wildman–Crippen MR) is 132 cm³/mol. The van der Waals surface area contributed by atoms with Gasteiger partial charge in [-0.05, 0) is 31.1 Å². The average molecular weight is 516 g/mol. The Morgan fingerprint density at radius 2 is 1.39 bits per heavy atom. The maximum absolute atomic E-state index is 12.9. The molecule has 0 aliphatic rings. The van der Waals surface area contributed by atoms with Crippen molar-refractivity contribution in [2.75, 3.05) is 6.54 Å². The van der Waals surface area contributed by atoms with E-state index in [9.17, 15) is 34.2 Å². The summed E-state index contributed by atoms with van der Waals surface area (Å²) in [6.45, 7) is 7.28. The van der Waals surface area contributed by atoms with Crippen LogP contribution in [0.2, 0.25) is 0 Å². The zero-order valence-corrected chi connectivity index (χ0v) is 21.3. The Morgan fingerprint density at radius 1 is 0.861 bits per heavy atom. The number of carbonyl (C=O) groups is 5. The molecule has 14 nitrogen and oxygen atoms in total. The number of nitrogens with two attached hydrogens (primary N) is 3. The molecular weight excluding hydrogens is 474 g/mol. The maximum atomic E-state index is 12.9. The first-order chi connectivity index (χ1) is 16.7. The first-order valence-corrected chi connectivity index (χ1v) is 11.9. The average Bonchev–Trinajstić information content (AvgIpc) is 2.77. The summed E-state index contributed by atoms with van der Waals surface area (Å²) in [5, 5.41) is 25.8. The number of aliphatic imine (C=N–C) groups is 1. The van der Waals surface area contributed by atoms with Crippen molar-refractivity contribution in [3.8, 4) is 0 Å². The molecule has 0 aliphatic carbocycles. The van der Waals surface area contributed by atoms with E-state index in [1.54, 1.807) is 20.8 Å². The molecule has 3 amide bonds. The van der Waals surface area contributed by atoms with Crippen LogP contribution in [0.5, 0.6) is 0 Å². The van der Waals surface area contributed by atoms with E-state index in [1.165, 1.54) is 0 Å². The molecule has 5 unspecified atom stereocenters. The third kappa shape index (κ3) is 12.9. The minimum atomic E-state index is -1.51. The van der Waals surface area contributed by atoms with Crippen molar-refractivity contribution in [1.82, 2.24) is 16.0 Å². The summed E-state index contributed by atoms with van der Waals surface area (Å²) in [6, 6.07) is -4.91. The fraction of sp³-hybridized carbons (Fsp3) is 0.727. The van der Waals surface area contributed by atoms with Gasteiger partial charge in [0, 0.05) is 6.54 Å². The van der Waals surface area contributed by atoms with Crippen molar-refractivity contribution in [1.29, 1.82) is 0 Å². The van der Waals surface area contributed by atoms with E-state index in [2.05, 4.69) is 20.9 Å². The maximum Gasteiger partial charge on any atom is 0.326 e. The van der Waals surface area contributed by atoms with Gasteiger partial charge >= 0.3 is 11.9 Å². The molecule has 0 aromatic heterocycles. The Bertz CT molecular complexity index is 800. The molecule has 206 valence electrons. The van der Waals surface area contributed by atoms with Crippen molar-refractivity contribution < 1.29 is 34.2 Å². The van der Waals surface area contributed by atoms with Crippen LogP contribution >= 0.6 is 0 Å². The second-order valence-electron chi connectivity index (χ2n) is 9.11. The molecule has 36 heavy (non-hydrogen) atoms. The molecule has 0 heterocycles. The lowest BCUT2D eigenvalue weighted by Crippen LogP contribution is -2.58. The molecule has 0 saturated carbocycles. The molecule has 11 N–H and O–H groups in total. The predicted octanol–water partition coefficient (Wildman–Crippen LogP) is -1.53. The van der Waals surface area contributed by atoms with Crippen LogP contribution < -0.4 is 33.2 Å². The standard InChI is InChI=1S/C22H41N7O7/c1-5-12(4)17(23)20(34)28-14(10-16(30)31)19(33)27-13(7-6-8-26-22(24)25)18(32)29-15(21(35)36)9-11(2)3/h11-15,17H,5-10,23H2,1-4H3,(H,27,33)(H,28,34)(H,29,32)(H,30,31)(H,35,36)(H4,24,25,26). The van der Waals surface area contributed by atoms with Crippen molar-refractivity contribution in [2.24, 2.45) is 34.0 Å². The van der Waals surface area contributed by atoms with Crippen molar-refractivity contribution in [3.63, 3.8) is 0 Å². The first kappa shape index (κ1) is 32.6. The van der Waals surface area contributed by atoms with Crippen molar-refractivity contribution in [3.05, 3.63) is 0 Å². The van der Waals surface area contributed by atoms with Crippen LogP contribution in [0.25, 0.3) is 0 Å². The summed E-state index contributed by atoms with van der Waals surface area (Å²) in [5.41, 5.74) is 16.5. The Kier molecular flexibility index (Phi) is 14.7. The van der Waals surface area contributed by atoms with Crippen molar-refractivity contribution >= 4 is 35.6 Å². The van der Waals surface area contributed by atoms with Gasteiger partial charge < -0.3 is 43.4 Å². The first-order valence-electron chi connectivity index (χ1n) is 11.9. The van der Waals surface area contributed by atoms with Gasteiger partial charge in [0.15, 0.2) is 5.96 Å². The summed E-state index contributed by atoms with van der Waals surface area (Å²) < 4.78 is 0. The molecule has 0 rings (SSSR count). The third-order valence-electron chi connectivity index (χ3n) is 5.47. The Balaban J connectivity index is 5.69. The highest BCUT2D eigenvalue weighted by molar-refractivity contribution is 5.95. The number of nitrogens with zero attached hydrogens (tertiary/aromatic N) is 1. The lowest BCUT2D eigenvalue weighted by atomic mass is 9.99. The number of aliphatic carboxylic acids is 2. The number of hydrogen-bond acceptors (Lipinski definition) is 7. The van der Waals surface area contributed by atoms with Crippen LogP contribution in [0.3, 0.4) is 0 Å². The quantitative estimate of drug-likeness (QED) is 0.0630. The van der Waals surface area contributed by atoms with E-state index < -0.39 is 60.2 Å². The van der Waals surface area contributed by atoms with Crippen LogP contribution in [0.4, 0.5) is 0 Å². The van der Waals surface area contributed by atoms with E-state index in [0.29, 0.717) is 6.42 Å². The number of hydrogen-bond donors (Lipinski definition) is 8. The molecule has 14 heteroatoms. The summed E-state index contributed by atoms with van der Waals surface area (Å²) in [4.78, 5) is 65.0. The zero-order valence-electron chi connectivity index (χ0n) is 21.3. The number of nitrogens with one attached hydrogen (secondary N) is 3. The molecule has 0 aliphatic heterocycles. The Hall–Kier alpha value is -3.42. The van der Waals surface area contributed by atoms with Crippen molar-refractivity contribution in [2.45, 2.75) is 84.0 Å². The van der Waals surface area contributed by atoms with Gasteiger partial charge in [-0.2, -0.15) is 0 Å². The number of amides is 3. The largest absolute Gasteiger partial charge is 0.481 e. The number of guanidine groups is 1. The number of carboxylic acid groups (broad SMARTS) is 2. The Morgan fingerprint density at radius 3 is 1.86 bits per heavy atom. The van der Waals surface area contributed by atoms with Crippen LogP contribution in [0, 0.1) is 11.8 Å². The van der Waals surface area contributed by atoms with Crippen LogP contribution in [0.1, 0.15) is 59.8 Å².